The van der Waals surface area contributed by atoms with E-state index >= 15 is 0 Å². The van der Waals surface area contributed by atoms with Crippen molar-refractivity contribution in [2.24, 2.45) is 5.16 Å². The van der Waals surface area contributed by atoms with Crippen molar-refractivity contribution < 1.29 is 38.0 Å². The van der Waals surface area contributed by atoms with Crippen LogP contribution in [0.3, 0.4) is 0 Å². The first-order valence-electron chi connectivity index (χ1n) is 11.5. The van der Waals surface area contributed by atoms with Crippen LogP contribution >= 0.6 is 0 Å². The van der Waals surface area contributed by atoms with E-state index in [0.717, 1.165) is 22.4 Å². The molecule has 0 N–H and O–H groups in total. The van der Waals surface area contributed by atoms with E-state index in [0.29, 0.717) is 85.9 Å². The lowest BCUT2D eigenvalue weighted by molar-refractivity contribution is 0.00450. The Labute approximate surface area is 203 Å². The third kappa shape index (κ3) is 15.9. The van der Waals surface area contributed by atoms with Gasteiger partial charge in [-0.1, -0.05) is 29.9 Å². The second kappa shape index (κ2) is 21.7. The largest absolute Gasteiger partial charge is 0.393 e. The number of oxime groups is 1. The molecule has 1 rings (SSSR count). The molecule has 0 amide bonds. The Morgan fingerprint density at radius 1 is 0.676 bits per heavy atom. The molecule has 9 nitrogen and oxygen atoms in total. The van der Waals surface area contributed by atoms with Gasteiger partial charge in [-0.05, 0) is 29.7 Å². The average Bonchev–Trinajstić information content (AvgIpc) is 2.86. The number of hydrogen-bond donors (Lipinski definition) is 0. The summed E-state index contributed by atoms with van der Waals surface area (Å²) in [7, 11) is 3.29. The summed E-state index contributed by atoms with van der Waals surface area (Å²) in [6, 6.07) is 7.97. The second-order valence-electron chi connectivity index (χ2n) is 7.18. The van der Waals surface area contributed by atoms with Crippen molar-refractivity contribution in [3.8, 4) is 0 Å². The minimum Gasteiger partial charge on any atom is -0.393 e. The molecular formula is C25H41NO8. The number of ether oxygens (including phenoxy) is 7. The molecule has 1 aromatic carbocycles. The molecule has 0 atom stereocenters. The summed E-state index contributed by atoms with van der Waals surface area (Å²) in [5, 5.41) is 4.17. The van der Waals surface area contributed by atoms with Crippen LogP contribution in [0.2, 0.25) is 0 Å². The van der Waals surface area contributed by atoms with Crippen LogP contribution in [-0.4, -0.2) is 106 Å². The Bertz CT molecular complexity index is 668. The van der Waals surface area contributed by atoms with E-state index in [4.69, 9.17) is 38.0 Å². The molecule has 0 fully saturated rings. The quantitative estimate of drug-likeness (QED) is 0.133. The van der Waals surface area contributed by atoms with E-state index in [2.05, 4.69) is 11.7 Å². The van der Waals surface area contributed by atoms with Gasteiger partial charge in [0.25, 0.3) is 0 Å². The van der Waals surface area contributed by atoms with E-state index in [-0.39, 0.29) is 0 Å². The Kier molecular flexibility index (Phi) is 19.2. The number of benzene rings is 1. The molecule has 0 bridgehead atoms. The number of methoxy groups -OCH3 is 2. The summed E-state index contributed by atoms with van der Waals surface area (Å²) in [6.07, 6.45) is 0. The number of nitrogens with zero attached hydrogens (tertiary/aromatic N) is 1. The molecule has 0 saturated carbocycles. The molecule has 9 heteroatoms. The van der Waals surface area contributed by atoms with Crippen LogP contribution in [0.15, 0.2) is 36.0 Å². The van der Waals surface area contributed by atoms with Crippen molar-refractivity contribution in [3.05, 3.63) is 42.0 Å². The van der Waals surface area contributed by atoms with Crippen LogP contribution in [0.4, 0.5) is 0 Å². The summed E-state index contributed by atoms with van der Waals surface area (Å²) in [4.78, 5) is 5.36. The first-order chi connectivity index (χ1) is 16.7. The normalized spacial score (nSPS) is 11.7. The van der Waals surface area contributed by atoms with Gasteiger partial charge in [-0.25, -0.2) is 0 Å². The maximum atomic E-state index is 5.66. The fourth-order valence-corrected chi connectivity index (χ4v) is 2.58. The fourth-order valence-electron chi connectivity index (χ4n) is 2.58. The molecule has 0 aliphatic heterocycles. The van der Waals surface area contributed by atoms with Crippen molar-refractivity contribution in [1.82, 2.24) is 0 Å². The van der Waals surface area contributed by atoms with Gasteiger partial charge in [-0.15, -0.1) is 0 Å². The van der Waals surface area contributed by atoms with Gasteiger partial charge in [0.05, 0.1) is 85.0 Å². The highest BCUT2D eigenvalue weighted by atomic mass is 16.6. The van der Waals surface area contributed by atoms with E-state index in [1.165, 1.54) is 0 Å². The Morgan fingerprint density at radius 2 is 1.15 bits per heavy atom. The zero-order chi connectivity index (χ0) is 24.7. The molecule has 194 valence electrons. The van der Waals surface area contributed by atoms with E-state index < -0.39 is 0 Å². The molecule has 0 spiro atoms. The average molecular weight is 484 g/mol. The molecule has 0 aliphatic rings. The maximum Gasteiger partial charge on any atom is 0.140 e. The van der Waals surface area contributed by atoms with Crippen LogP contribution in [0, 0.1) is 0 Å². The van der Waals surface area contributed by atoms with E-state index in [9.17, 15) is 0 Å². The van der Waals surface area contributed by atoms with Crippen molar-refractivity contribution in [2.45, 2.75) is 6.92 Å². The zero-order valence-electron chi connectivity index (χ0n) is 20.9. The van der Waals surface area contributed by atoms with E-state index in [1.807, 2.05) is 31.2 Å². The number of rotatable bonds is 23. The molecule has 0 radical (unpaired) electrons. The summed E-state index contributed by atoms with van der Waals surface area (Å²) < 4.78 is 37.0. The third-order valence-corrected chi connectivity index (χ3v) is 4.46. The monoisotopic (exact) mass is 483 g/mol. The first kappa shape index (κ1) is 30.2. The van der Waals surface area contributed by atoms with Crippen LogP contribution in [0.1, 0.15) is 18.1 Å². The Balaban J connectivity index is 2.19. The minimum absolute atomic E-state index is 0.372. The molecule has 34 heavy (non-hydrogen) atoms. The van der Waals surface area contributed by atoms with Crippen LogP contribution in [0.5, 0.6) is 0 Å². The molecular weight excluding hydrogens is 442 g/mol. The first-order valence-corrected chi connectivity index (χ1v) is 11.5. The lowest BCUT2D eigenvalue weighted by atomic mass is 10.0. The molecule has 0 aliphatic carbocycles. The van der Waals surface area contributed by atoms with Crippen molar-refractivity contribution in [2.75, 3.05) is 100 Å². The molecule has 0 unspecified atom stereocenters. The Hall–Kier alpha value is -1.85. The molecule has 0 aromatic heterocycles. The van der Waals surface area contributed by atoms with Crippen molar-refractivity contribution >= 4 is 11.3 Å². The van der Waals surface area contributed by atoms with Crippen LogP contribution in [-0.2, 0) is 38.0 Å². The van der Waals surface area contributed by atoms with Crippen molar-refractivity contribution in [1.29, 1.82) is 0 Å². The highest BCUT2D eigenvalue weighted by Crippen LogP contribution is 2.15. The summed E-state index contributed by atoms with van der Waals surface area (Å²) in [6.45, 7) is 12.7. The maximum absolute atomic E-state index is 5.66. The second-order valence-corrected chi connectivity index (χ2v) is 7.18. The van der Waals surface area contributed by atoms with E-state index in [1.54, 1.807) is 14.2 Å². The van der Waals surface area contributed by atoms with Crippen LogP contribution in [0.25, 0.3) is 5.57 Å². The third-order valence-electron chi connectivity index (χ3n) is 4.46. The van der Waals surface area contributed by atoms with Gasteiger partial charge in [0.15, 0.2) is 0 Å². The van der Waals surface area contributed by atoms with Gasteiger partial charge in [-0.3, -0.25) is 0 Å². The Morgan fingerprint density at radius 3 is 1.71 bits per heavy atom. The topological polar surface area (TPSA) is 86.2 Å². The van der Waals surface area contributed by atoms with Gasteiger partial charge >= 0.3 is 0 Å². The fraction of sp³-hybridized carbons (Fsp3) is 0.640. The number of hydrogen-bond acceptors (Lipinski definition) is 9. The van der Waals surface area contributed by atoms with Crippen LogP contribution < -0.4 is 0 Å². The SMILES string of the molecule is C=C(COCCOCCOCCOC)c1cccc(/C(C)=N/OCCOCCOCCOC)c1. The predicted molar refractivity (Wildman–Crippen MR) is 131 cm³/mol. The molecule has 0 saturated heterocycles. The lowest BCUT2D eigenvalue weighted by Crippen LogP contribution is -2.11. The van der Waals surface area contributed by atoms with Gasteiger partial charge in [0, 0.05) is 14.2 Å². The highest BCUT2D eigenvalue weighted by Gasteiger charge is 2.04. The standard InChI is InChI=1S/C25H41NO8/c1-22(21-33-17-16-31-14-12-29-10-8-27-3)24-6-5-7-25(20-24)23(2)26-34-19-18-32-15-13-30-11-9-28-4/h5-7,20H,1,8-19,21H2,2-4H3/b26-23+. The summed E-state index contributed by atoms with van der Waals surface area (Å²) in [5.74, 6) is 0. The van der Waals surface area contributed by atoms with Gasteiger partial charge in [0.2, 0.25) is 0 Å². The van der Waals surface area contributed by atoms with Gasteiger partial charge in [0.1, 0.15) is 6.61 Å². The van der Waals surface area contributed by atoms with Gasteiger partial charge in [-0.2, -0.15) is 0 Å². The lowest BCUT2D eigenvalue weighted by Gasteiger charge is -2.10. The predicted octanol–water partition coefficient (Wildman–Crippen LogP) is 2.82. The summed E-state index contributed by atoms with van der Waals surface area (Å²) in [5.41, 5.74) is 3.62. The minimum atomic E-state index is 0.372. The summed E-state index contributed by atoms with van der Waals surface area (Å²) >= 11 is 0. The molecule has 0 heterocycles. The van der Waals surface area contributed by atoms with Crippen molar-refractivity contribution in [3.63, 3.8) is 0 Å². The van der Waals surface area contributed by atoms with Gasteiger partial charge < -0.3 is 38.0 Å². The zero-order valence-corrected chi connectivity index (χ0v) is 20.9. The highest BCUT2D eigenvalue weighted by molar-refractivity contribution is 5.99. The smallest absolute Gasteiger partial charge is 0.140 e. The molecule has 1 aromatic rings.